The molecule has 6 heteroatoms. The van der Waals surface area contributed by atoms with E-state index in [1.54, 1.807) is 11.0 Å². The van der Waals surface area contributed by atoms with E-state index in [1.165, 1.54) is 0 Å². The highest BCUT2D eigenvalue weighted by molar-refractivity contribution is 9.10. The number of alkyl halides is 1. The van der Waals surface area contributed by atoms with Crippen LogP contribution in [0.2, 0.25) is 5.15 Å². The van der Waals surface area contributed by atoms with Crippen molar-refractivity contribution in [1.29, 1.82) is 0 Å². The van der Waals surface area contributed by atoms with Crippen LogP contribution in [-0.2, 0) is 4.79 Å². The zero-order chi connectivity index (χ0) is 11.9. The SMILES string of the molecule is Cc1nc(Cl)c(N2CC(Cl)CC2=O)cc1Br. The third-order valence-electron chi connectivity index (χ3n) is 2.45. The van der Waals surface area contributed by atoms with Crippen molar-refractivity contribution in [3.8, 4) is 0 Å². The van der Waals surface area contributed by atoms with E-state index < -0.39 is 0 Å². The number of nitrogens with zero attached hydrogens (tertiary/aromatic N) is 2. The van der Waals surface area contributed by atoms with E-state index in [-0.39, 0.29) is 11.3 Å². The van der Waals surface area contributed by atoms with Crippen molar-refractivity contribution in [3.05, 3.63) is 21.4 Å². The molecule has 1 saturated heterocycles. The molecule has 2 rings (SSSR count). The largest absolute Gasteiger partial charge is 0.308 e. The van der Waals surface area contributed by atoms with Gasteiger partial charge in [0.25, 0.3) is 0 Å². The summed E-state index contributed by atoms with van der Waals surface area (Å²) in [6, 6.07) is 1.80. The number of carbonyl (C=O) groups is 1. The van der Waals surface area contributed by atoms with Gasteiger partial charge in [0.15, 0.2) is 5.15 Å². The van der Waals surface area contributed by atoms with E-state index in [0.717, 1.165) is 10.2 Å². The molecule has 0 aromatic carbocycles. The topological polar surface area (TPSA) is 33.2 Å². The summed E-state index contributed by atoms with van der Waals surface area (Å²) in [5, 5.41) is 0.184. The van der Waals surface area contributed by atoms with Gasteiger partial charge in [0, 0.05) is 17.4 Å². The van der Waals surface area contributed by atoms with Gasteiger partial charge in [0.2, 0.25) is 5.91 Å². The van der Waals surface area contributed by atoms with Crippen molar-refractivity contribution in [2.45, 2.75) is 18.7 Å². The molecule has 1 unspecified atom stereocenters. The number of anilines is 1. The van der Waals surface area contributed by atoms with Crippen LogP contribution in [0.1, 0.15) is 12.1 Å². The van der Waals surface area contributed by atoms with Gasteiger partial charge in [-0.05, 0) is 28.9 Å². The molecule has 3 nitrogen and oxygen atoms in total. The zero-order valence-electron chi connectivity index (χ0n) is 8.51. The van der Waals surface area contributed by atoms with Gasteiger partial charge in [-0.3, -0.25) is 4.79 Å². The first-order valence-electron chi connectivity index (χ1n) is 4.76. The Bertz CT molecular complexity index is 453. The van der Waals surface area contributed by atoms with E-state index >= 15 is 0 Å². The number of aromatic nitrogens is 1. The van der Waals surface area contributed by atoms with E-state index in [1.807, 2.05) is 6.92 Å². The number of aryl methyl sites for hydroxylation is 1. The van der Waals surface area contributed by atoms with Crippen molar-refractivity contribution >= 4 is 50.7 Å². The molecule has 0 aliphatic carbocycles. The van der Waals surface area contributed by atoms with Crippen LogP contribution in [-0.4, -0.2) is 22.8 Å². The third kappa shape index (κ3) is 2.19. The van der Waals surface area contributed by atoms with Gasteiger partial charge in [-0.15, -0.1) is 11.6 Å². The Balaban J connectivity index is 2.41. The van der Waals surface area contributed by atoms with Crippen LogP contribution in [0.15, 0.2) is 10.5 Å². The fourth-order valence-electron chi connectivity index (χ4n) is 1.63. The quantitative estimate of drug-likeness (QED) is 0.587. The summed E-state index contributed by atoms with van der Waals surface area (Å²) in [6.07, 6.45) is 0.351. The summed E-state index contributed by atoms with van der Waals surface area (Å²) in [7, 11) is 0. The molecule has 0 N–H and O–H groups in total. The van der Waals surface area contributed by atoms with Crippen molar-refractivity contribution in [2.24, 2.45) is 0 Å². The van der Waals surface area contributed by atoms with Crippen LogP contribution >= 0.6 is 39.1 Å². The first kappa shape index (κ1) is 12.1. The molecule has 1 aliphatic rings. The summed E-state index contributed by atoms with van der Waals surface area (Å²) >= 11 is 15.3. The number of hydrogen-bond donors (Lipinski definition) is 0. The average Bonchev–Trinajstić information content (AvgIpc) is 2.51. The second-order valence-corrected chi connectivity index (χ2v) is 5.50. The molecule has 2 heterocycles. The Hall–Kier alpha value is -0.320. The average molecular weight is 324 g/mol. The van der Waals surface area contributed by atoms with E-state index in [9.17, 15) is 4.79 Å². The van der Waals surface area contributed by atoms with Crippen LogP contribution in [0.5, 0.6) is 0 Å². The molecule has 86 valence electrons. The lowest BCUT2D eigenvalue weighted by molar-refractivity contribution is -0.117. The maximum atomic E-state index is 11.7. The number of amides is 1. The molecule has 0 spiro atoms. The highest BCUT2D eigenvalue weighted by Crippen LogP contribution is 2.32. The Morgan fingerprint density at radius 1 is 1.62 bits per heavy atom. The molecule has 1 aliphatic heterocycles. The number of rotatable bonds is 1. The summed E-state index contributed by atoms with van der Waals surface area (Å²) in [5.74, 6) is -0.0144. The minimum absolute atomic E-state index is 0.0144. The normalized spacial score (nSPS) is 20.6. The first-order valence-corrected chi connectivity index (χ1v) is 6.37. The van der Waals surface area contributed by atoms with Crippen molar-refractivity contribution < 1.29 is 4.79 Å². The number of hydrogen-bond acceptors (Lipinski definition) is 2. The van der Waals surface area contributed by atoms with Crippen LogP contribution < -0.4 is 4.90 Å². The summed E-state index contributed by atoms with van der Waals surface area (Å²) in [5.41, 5.74) is 1.41. The summed E-state index contributed by atoms with van der Waals surface area (Å²) < 4.78 is 0.831. The molecule has 0 radical (unpaired) electrons. The Kier molecular flexibility index (Phi) is 3.42. The summed E-state index contributed by atoms with van der Waals surface area (Å²) in [4.78, 5) is 17.4. The molecule has 1 aromatic rings. The van der Waals surface area contributed by atoms with Gasteiger partial charge in [-0.1, -0.05) is 11.6 Å². The van der Waals surface area contributed by atoms with Gasteiger partial charge < -0.3 is 4.90 Å². The van der Waals surface area contributed by atoms with E-state index in [2.05, 4.69) is 20.9 Å². The van der Waals surface area contributed by atoms with Gasteiger partial charge in [-0.25, -0.2) is 4.98 Å². The van der Waals surface area contributed by atoms with Crippen LogP contribution in [0.25, 0.3) is 0 Å². The lowest BCUT2D eigenvalue weighted by Gasteiger charge is -2.17. The molecule has 1 aromatic heterocycles. The maximum absolute atomic E-state index is 11.7. The second kappa shape index (κ2) is 4.51. The molecule has 16 heavy (non-hydrogen) atoms. The minimum atomic E-state index is -0.149. The van der Waals surface area contributed by atoms with Crippen molar-refractivity contribution in [2.75, 3.05) is 11.4 Å². The fourth-order valence-corrected chi connectivity index (χ4v) is 2.49. The third-order valence-corrected chi connectivity index (χ3v) is 3.83. The highest BCUT2D eigenvalue weighted by atomic mass is 79.9. The standard InChI is InChI=1S/C10H9BrCl2N2O/c1-5-7(11)3-8(10(13)14-5)15-4-6(12)2-9(15)16/h3,6H,2,4H2,1H3. The second-order valence-electron chi connectivity index (χ2n) is 3.67. The first-order chi connectivity index (χ1) is 7.49. The smallest absolute Gasteiger partial charge is 0.228 e. The van der Waals surface area contributed by atoms with E-state index in [4.69, 9.17) is 23.2 Å². The maximum Gasteiger partial charge on any atom is 0.228 e. The Morgan fingerprint density at radius 2 is 2.31 bits per heavy atom. The van der Waals surface area contributed by atoms with Gasteiger partial charge >= 0.3 is 0 Å². The van der Waals surface area contributed by atoms with Crippen LogP contribution in [0, 0.1) is 6.92 Å². The lowest BCUT2D eigenvalue weighted by atomic mass is 10.3. The predicted octanol–water partition coefficient (Wildman–Crippen LogP) is 3.15. The number of halogens is 3. The molecule has 1 fully saturated rings. The number of carbonyl (C=O) groups excluding carboxylic acids is 1. The molecule has 1 amide bonds. The van der Waals surface area contributed by atoms with E-state index in [0.29, 0.717) is 23.8 Å². The fraction of sp³-hybridized carbons (Fsp3) is 0.400. The molecular weight excluding hydrogens is 315 g/mol. The highest BCUT2D eigenvalue weighted by Gasteiger charge is 2.31. The van der Waals surface area contributed by atoms with Gasteiger partial charge in [0.05, 0.1) is 16.8 Å². The molecule has 1 atom stereocenters. The van der Waals surface area contributed by atoms with Crippen molar-refractivity contribution in [1.82, 2.24) is 4.98 Å². The van der Waals surface area contributed by atoms with Crippen molar-refractivity contribution in [3.63, 3.8) is 0 Å². The summed E-state index contributed by atoms with van der Waals surface area (Å²) in [6.45, 7) is 2.33. The molecule has 0 bridgehead atoms. The van der Waals surface area contributed by atoms with Crippen LogP contribution in [0.3, 0.4) is 0 Å². The predicted molar refractivity (Wildman–Crippen MR) is 68.3 cm³/mol. The van der Waals surface area contributed by atoms with Gasteiger partial charge in [-0.2, -0.15) is 0 Å². The lowest BCUT2D eigenvalue weighted by Crippen LogP contribution is -2.25. The molecular formula is C10H9BrCl2N2O. The minimum Gasteiger partial charge on any atom is -0.308 e. The Morgan fingerprint density at radius 3 is 2.88 bits per heavy atom. The number of pyridine rings is 1. The monoisotopic (exact) mass is 322 g/mol. The zero-order valence-corrected chi connectivity index (χ0v) is 11.6. The molecule has 0 saturated carbocycles. The van der Waals surface area contributed by atoms with Gasteiger partial charge in [0.1, 0.15) is 0 Å². The van der Waals surface area contributed by atoms with Crippen LogP contribution in [0.4, 0.5) is 5.69 Å². The Labute approximate surface area is 112 Å².